The maximum atomic E-state index is 12.8. The highest BCUT2D eigenvalue weighted by atomic mass is 35.5. The summed E-state index contributed by atoms with van der Waals surface area (Å²) in [5.41, 5.74) is 0.253. The summed E-state index contributed by atoms with van der Waals surface area (Å²) in [4.78, 5) is 26.0. The molecule has 1 saturated carbocycles. The van der Waals surface area contributed by atoms with Crippen LogP contribution in [0, 0.1) is 17.3 Å². The molecule has 128 valence electrons. The summed E-state index contributed by atoms with van der Waals surface area (Å²) in [5, 5.41) is 3.36. The van der Waals surface area contributed by atoms with Crippen molar-refractivity contribution in [3.8, 4) is 0 Å². The number of methoxy groups -OCH3 is 1. The Morgan fingerprint density at radius 3 is 2.50 bits per heavy atom. The molecule has 1 unspecified atom stereocenters. The van der Waals surface area contributed by atoms with Crippen LogP contribution in [0.15, 0.2) is 0 Å². The maximum absolute atomic E-state index is 12.8. The van der Waals surface area contributed by atoms with Crippen molar-refractivity contribution in [3.05, 3.63) is 0 Å². The van der Waals surface area contributed by atoms with Gasteiger partial charge in [0, 0.05) is 19.0 Å². The van der Waals surface area contributed by atoms with Crippen LogP contribution in [0.4, 0.5) is 0 Å². The third-order valence-corrected chi connectivity index (χ3v) is 4.80. The van der Waals surface area contributed by atoms with E-state index in [2.05, 4.69) is 23.9 Å². The Morgan fingerprint density at radius 1 is 1.32 bits per heavy atom. The lowest BCUT2D eigenvalue weighted by Crippen LogP contribution is -2.39. The van der Waals surface area contributed by atoms with Gasteiger partial charge in [-0.15, -0.1) is 12.4 Å². The van der Waals surface area contributed by atoms with Crippen LogP contribution in [0.2, 0.25) is 0 Å². The van der Waals surface area contributed by atoms with E-state index in [0.717, 1.165) is 38.9 Å². The zero-order valence-corrected chi connectivity index (χ0v) is 14.7. The molecule has 22 heavy (non-hydrogen) atoms. The van der Waals surface area contributed by atoms with E-state index in [1.807, 2.05) is 4.90 Å². The first-order chi connectivity index (χ1) is 9.98. The highest BCUT2D eigenvalue weighted by Crippen LogP contribution is 2.59. The second-order valence-corrected chi connectivity index (χ2v) is 6.87. The summed E-state index contributed by atoms with van der Waals surface area (Å²) < 4.78 is 4.69. The number of carbonyl (C=O) groups excluding carboxylic acids is 2. The molecule has 1 amide bonds. The number of amides is 1. The monoisotopic (exact) mass is 332 g/mol. The van der Waals surface area contributed by atoms with Gasteiger partial charge < -0.3 is 15.0 Å². The molecule has 0 aromatic heterocycles. The number of hydrogen-bond donors (Lipinski definition) is 1. The summed E-state index contributed by atoms with van der Waals surface area (Å²) in [6, 6.07) is 0. The Hall–Kier alpha value is -0.810. The molecule has 1 aliphatic heterocycles. The molecule has 5 nitrogen and oxygen atoms in total. The third kappa shape index (κ3) is 4.59. The van der Waals surface area contributed by atoms with Crippen molar-refractivity contribution in [2.24, 2.45) is 17.3 Å². The second kappa shape index (κ2) is 8.16. The highest BCUT2D eigenvalue weighted by molar-refractivity contribution is 5.85. The zero-order chi connectivity index (χ0) is 15.5. The fourth-order valence-electron chi connectivity index (χ4n) is 3.46. The maximum Gasteiger partial charge on any atom is 0.307 e. The van der Waals surface area contributed by atoms with Gasteiger partial charge >= 0.3 is 5.97 Å². The van der Waals surface area contributed by atoms with Gasteiger partial charge in [0.05, 0.1) is 13.5 Å². The van der Waals surface area contributed by atoms with Crippen molar-refractivity contribution < 1.29 is 14.3 Å². The average Bonchev–Trinajstić information content (AvgIpc) is 3.15. The van der Waals surface area contributed by atoms with E-state index in [0.29, 0.717) is 12.5 Å². The molecule has 0 radical (unpaired) electrons. The van der Waals surface area contributed by atoms with E-state index in [1.54, 1.807) is 0 Å². The molecule has 2 fully saturated rings. The van der Waals surface area contributed by atoms with Crippen LogP contribution in [0.5, 0.6) is 0 Å². The predicted octanol–water partition coefficient (Wildman–Crippen LogP) is 1.85. The van der Waals surface area contributed by atoms with Gasteiger partial charge in [0.25, 0.3) is 0 Å². The molecule has 1 N–H and O–H groups in total. The van der Waals surface area contributed by atoms with E-state index < -0.39 is 0 Å². The summed E-state index contributed by atoms with van der Waals surface area (Å²) in [5.74, 6) is 0.587. The van der Waals surface area contributed by atoms with Gasteiger partial charge in [-0.25, -0.2) is 0 Å². The molecule has 0 bridgehead atoms. The van der Waals surface area contributed by atoms with Crippen molar-refractivity contribution in [1.29, 1.82) is 0 Å². The summed E-state index contributed by atoms with van der Waals surface area (Å²) in [6.07, 6.45) is 3.53. The van der Waals surface area contributed by atoms with E-state index in [4.69, 9.17) is 0 Å². The summed E-state index contributed by atoms with van der Waals surface area (Å²) >= 11 is 0. The molecule has 0 aromatic rings. The minimum Gasteiger partial charge on any atom is -0.469 e. The minimum absolute atomic E-state index is 0. The Bertz CT molecular complexity index is 395. The first-order valence-electron chi connectivity index (χ1n) is 8.05. The van der Waals surface area contributed by atoms with Crippen molar-refractivity contribution in [3.63, 3.8) is 0 Å². The second-order valence-electron chi connectivity index (χ2n) is 6.87. The van der Waals surface area contributed by atoms with Crippen molar-refractivity contribution >= 4 is 24.3 Å². The number of rotatable bonds is 6. The van der Waals surface area contributed by atoms with Gasteiger partial charge in [0.15, 0.2) is 0 Å². The number of hydrogen-bond acceptors (Lipinski definition) is 4. The van der Waals surface area contributed by atoms with Gasteiger partial charge in [-0.3, -0.25) is 9.59 Å². The lowest BCUT2D eigenvalue weighted by Gasteiger charge is -2.28. The van der Waals surface area contributed by atoms with E-state index in [9.17, 15) is 9.59 Å². The van der Waals surface area contributed by atoms with E-state index in [-0.39, 0.29) is 42.0 Å². The molecular formula is C16H29ClN2O3. The van der Waals surface area contributed by atoms with Crippen LogP contribution < -0.4 is 5.32 Å². The van der Waals surface area contributed by atoms with Crippen LogP contribution in [-0.2, 0) is 14.3 Å². The molecule has 1 spiro atoms. The number of halogens is 1. The Balaban J connectivity index is 0.00000242. The lowest BCUT2D eigenvalue weighted by molar-refractivity contribution is -0.142. The van der Waals surface area contributed by atoms with Crippen molar-refractivity contribution in [2.75, 3.05) is 33.3 Å². The number of ether oxygens (including phenoxy) is 1. The van der Waals surface area contributed by atoms with Gasteiger partial charge in [-0.05, 0) is 43.7 Å². The molecule has 1 atom stereocenters. The number of carbonyl (C=O) groups is 2. The van der Waals surface area contributed by atoms with Crippen LogP contribution in [0.25, 0.3) is 0 Å². The third-order valence-electron chi connectivity index (χ3n) is 4.80. The van der Waals surface area contributed by atoms with Gasteiger partial charge in [-0.1, -0.05) is 13.8 Å². The Labute approximate surface area is 139 Å². The van der Waals surface area contributed by atoms with Crippen LogP contribution in [-0.4, -0.2) is 50.1 Å². The van der Waals surface area contributed by atoms with E-state index in [1.165, 1.54) is 7.11 Å². The largest absolute Gasteiger partial charge is 0.469 e. The zero-order valence-electron chi connectivity index (χ0n) is 13.9. The van der Waals surface area contributed by atoms with Crippen molar-refractivity contribution in [1.82, 2.24) is 10.2 Å². The Kier molecular flexibility index (Phi) is 7.13. The lowest BCUT2D eigenvalue weighted by atomic mass is 9.91. The van der Waals surface area contributed by atoms with Crippen molar-refractivity contribution in [2.45, 2.75) is 39.5 Å². The van der Waals surface area contributed by atoms with Gasteiger partial charge in [0.2, 0.25) is 5.91 Å². The van der Waals surface area contributed by atoms with Crippen LogP contribution in [0.1, 0.15) is 39.5 Å². The standard InChI is InChI=1S/C16H28N2O3.ClH/c1-12(2)11-18(9-4-14(19)21-3)15(20)13-10-16(13)5-7-17-8-6-16;/h12-13,17H,4-11H2,1-3H3;1H. The average molecular weight is 333 g/mol. The molecular weight excluding hydrogens is 304 g/mol. The topological polar surface area (TPSA) is 58.6 Å². The molecule has 1 heterocycles. The molecule has 6 heteroatoms. The number of esters is 1. The van der Waals surface area contributed by atoms with Gasteiger partial charge in [0.1, 0.15) is 0 Å². The highest BCUT2D eigenvalue weighted by Gasteiger charge is 2.58. The predicted molar refractivity (Wildman–Crippen MR) is 87.9 cm³/mol. The quantitative estimate of drug-likeness (QED) is 0.754. The fourth-order valence-corrected chi connectivity index (χ4v) is 3.46. The summed E-state index contributed by atoms with van der Waals surface area (Å²) in [7, 11) is 1.39. The normalized spacial score (nSPS) is 22.1. The van der Waals surface area contributed by atoms with Crippen LogP contribution in [0.3, 0.4) is 0 Å². The van der Waals surface area contributed by atoms with Crippen LogP contribution >= 0.6 is 12.4 Å². The SMILES string of the molecule is COC(=O)CCN(CC(C)C)C(=O)C1CC12CCNCC2.Cl. The molecule has 0 aromatic carbocycles. The molecule has 2 rings (SSSR count). The smallest absolute Gasteiger partial charge is 0.307 e. The minimum atomic E-state index is -0.246. The molecule has 1 saturated heterocycles. The first-order valence-corrected chi connectivity index (χ1v) is 8.05. The number of nitrogens with zero attached hydrogens (tertiary/aromatic N) is 1. The molecule has 1 aliphatic carbocycles. The Morgan fingerprint density at radius 2 is 1.95 bits per heavy atom. The fraction of sp³-hybridized carbons (Fsp3) is 0.875. The first kappa shape index (κ1) is 19.2. The van der Waals surface area contributed by atoms with E-state index >= 15 is 0 Å². The molecule has 2 aliphatic rings. The summed E-state index contributed by atoms with van der Waals surface area (Å²) in [6.45, 7) is 7.46. The number of nitrogens with one attached hydrogen (secondary N) is 1. The van der Waals surface area contributed by atoms with Gasteiger partial charge in [-0.2, -0.15) is 0 Å². The number of piperidine rings is 1.